The van der Waals surface area contributed by atoms with E-state index in [1.807, 2.05) is 44.3 Å². The molecule has 0 bridgehead atoms. The highest BCUT2D eigenvalue weighted by Crippen LogP contribution is 2.22. The van der Waals surface area contributed by atoms with Gasteiger partial charge in [0.05, 0.1) is 24.0 Å². The zero-order valence-electron chi connectivity index (χ0n) is 13.4. The third kappa shape index (κ3) is 3.67. The average Bonchev–Trinajstić information content (AvgIpc) is 2.76. The smallest absolute Gasteiger partial charge is 0.277 e. The quantitative estimate of drug-likeness (QED) is 0.890. The average molecular weight is 322 g/mol. The molecular formula is C16H22ClN4O+. The zero-order valence-corrected chi connectivity index (χ0v) is 14.2. The largest absolute Gasteiger partial charge is 0.344 e. The third-order valence-electron chi connectivity index (χ3n) is 3.55. The Kier molecular flexibility index (Phi) is 5.21. The van der Waals surface area contributed by atoms with Crippen LogP contribution in [0, 0.1) is 6.92 Å². The van der Waals surface area contributed by atoms with Gasteiger partial charge in [-0.05, 0) is 19.1 Å². The lowest BCUT2D eigenvalue weighted by Gasteiger charge is -2.16. The molecule has 0 aliphatic heterocycles. The lowest BCUT2D eigenvalue weighted by molar-refractivity contribution is -0.885. The van der Waals surface area contributed by atoms with Gasteiger partial charge in [0, 0.05) is 14.1 Å². The Balaban J connectivity index is 2.19. The Morgan fingerprint density at radius 1 is 1.32 bits per heavy atom. The van der Waals surface area contributed by atoms with E-state index in [0.717, 1.165) is 21.8 Å². The summed E-state index contributed by atoms with van der Waals surface area (Å²) in [5.74, 6) is 0.0988. The zero-order chi connectivity index (χ0) is 16.3. The van der Waals surface area contributed by atoms with Crippen molar-refractivity contribution >= 4 is 17.5 Å². The van der Waals surface area contributed by atoms with Crippen LogP contribution in [-0.4, -0.2) is 48.3 Å². The molecule has 1 heterocycles. The minimum atomic E-state index is 0.0988. The van der Waals surface area contributed by atoms with Gasteiger partial charge in [0.2, 0.25) is 0 Å². The molecule has 6 heteroatoms. The molecule has 1 amide bonds. The molecule has 2 rings (SSSR count). The van der Waals surface area contributed by atoms with E-state index in [2.05, 4.69) is 5.10 Å². The number of amides is 1. The highest BCUT2D eigenvalue weighted by molar-refractivity contribution is 6.30. The third-order valence-corrected chi connectivity index (χ3v) is 3.94. The molecule has 0 radical (unpaired) electrons. The molecule has 0 spiro atoms. The van der Waals surface area contributed by atoms with Crippen molar-refractivity contribution in [3.8, 4) is 5.69 Å². The molecule has 1 aromatic heterocycles. The van der Waals surface area contributed by atoms with Crippen molar-refractivity contribution < 1.29 is 9.69 Å². The first-order valence-corrected chi connectivity index (χ1v) is 7.58. The van der Waals surface area contributed by atoms with Crippen molar-refractivity contribution in [3.63, 3.8) is 0 Å². The van der Waals surface area contributed by atoms with Crippen LogP contribution in [0.4, 0.5) is 0 Å². The summed E-state index contributed by atoms with van der Waals surface area (Å²) in [6.45, 7) is 3.04. The van der Waals surface area contributed by atoms with Gasteiger partial charge in [0.25, 0.3) is 5.91 Å². The Bertz CT molecular complexity index is 652. The Morgan fingerprint density at radius 2 is 1.95 bits per heavy atom. The fraction of sp³-hybridized carbons (Fsp3) is 0.375. The maximum atomic E-state index is 11.8. The lowest BCUT2D eigenvalue weighted by Crippen LogP contribution is -3.08. The number of likely N-dealkylation sites (N-methyl/N-ethyl adjacent to an activating group) is 2. The van der Waals surface area contributed by atoms with Gasteiger partial charge in [0.15, 0.2) is 6.54 Å². The molecule has 1 N–H and O–H groups in total. The highest BCUT2D eigenvalue weighted by Gasteiger charge is 2.20. The van der Waals surface area contributed by atoms with Gasteiger partial charge < -0.3 is 9.80 Å². The fourth-order valence-electron chi connectivity index (χ4n) is 2.25. The number of aryl methyl sites for hydroxylation is 1. The van der Waals surface area contributed by atoms with Crippen molar-refractivity contribution in [2.45, 2.75) is 13.5 Å². The summed E-state index contributed by atoms with van der Waals surface area (Å²) in [4.78, 5) is 14.5. The first-order chi connectivity index (χ1) is 10.4. The van der Waals surface area contributed by atoms with Crippen LogP contribution in [0.25, 0.3) is 5.69 Å². The number of nitrogens with zero attached hydrogens (tertiary/aromatic N) is 3. The highest BCUT2D eigenvalue weighted by atomic mass is 35.5. The number of carbonyl (C=O) groups excluding carboxylic acids is 1. The van der Waals surface area contributed by atoms with E-state index >= 15 is 0 Å². The van der Waals surface area contributed by atoms with Crippen LogP contribution in [0.3, 0.4) is 0 Å². The Labute approximate surface area is 136 Å². The van der Waals surface area contributed by atoms with Gasteiger partial charge in [-0.1, -0.05) is 29.8 Å². The van der Waals surface area contributed by atoms with E-state index in [0.29, 0.717) is 18.2 Å². The molecule has 1 atom stereocenters. The molecule has 1 aromatic carbocycles. The minimum absolute atomic E-state index is 0.0988. The second-order valence-electron chi connectivity index (χ2n) is 5.70. The Hall–Kier alpha value is -1.85. The number of halogens is 1. The number of hydrogen-bond acceptors (Lipinski definition) is 2. The number of carbonyl (C=O) groups is 1. The molecular weight excluding hydrogens is 300 g/mol. The van der Waals surface area contributed by atoms with Crippen molar-refractivity contribution in [3.05, 3.63) is 46.7 Å². The number of rotatable bonds is 5. The molecule has 0 aliphatic rings. The predicted octanol–water partition coefficient (Wildman–Crippen LogP) is 0.937. The maximum absolute atomic E-state index is 11.8. The molecule has 5 nitrogen and oxygen atoms in total. The molecule has 0 saturated heterocycles. The van der Waals surface area contributed by atoms with E-state index in [1.54, 1.807) is 23.7 Å². The van der Waals surface area contributed by atoms with Crippen LogP contribution in [0.1, 0.15) is 11.3 Å². The van der Waals surface area contributed by atoms with Gasteiger partial charge >= 0.3 is 0 Å². The topological polar surface area (TPSA) is 42.6 Å². The molecule has 0 fully saturated rings. The number of nitrogens with one attached hydrogen (secondary N) is 1. The van der Waals surface area contributed by atoms with Crippen LogP contribution in [-0.2, 0) is 11.3 Å². The second-order valence-corrected chi connectivity index (χ2v) is 6.06. The second kappa shape index (κ2) is 6.94. The molecule has 0 aliphatic carbocycles. The number of quaternary nitrogens is 1. The van der Waals surface area contributed by atoms with Crippen LogP contribution in [0.15, 0.2) is 30.3 Å². The first-order valence-electron chi connectivity index (χ1n) is 7.21. The van der Waals surface area contributed by atoms with Gasteiger partial charge in [-0.25, -0.2) is 4.68 Å². The van der Waals surface area contributed by atoms with Crippen molar-refractivity contribution in [1.29, 1.82) is 0 Å². The van der Waals surface area contributed by atoms with Gasteiger partial charge in [-0.3, -0.25) is 4.79 Å². The van der Waals surface area contributed by atoms with Crippen LogP contribution in [0.5, 0.6) is 0 Å². The normalized spacial score (nSPS) is 12.2. The Morgan fingerprint density at radius 3 is 2.55 bits per heavy atom. The molecule has 2 aromatic rings. The summed E-state index contributed by atoms with van der Waals surface area (Å²) in [5.41, 5.74) is 2.81. The summed E-state index contributed by atoms with van der Waals surface area (Å²) in [6, 6.07) is 9.80. The molecule has 0 saturated carbocycles. The van der Waals surface area contributed by atoms with E-state index < -0.39 is 0 Å². The SMILES string of the molecule is Cc1nn(-c2ccccc2)c(Cl)c1C[NH+](C)CC(=O)N(C)C. The number of hydrogen-bond donors (Lipinski definition) is 1. The van der Waals surface area contributed by atoms with E-state index in [9.17, 15) is 4.79 Å². The van der Waals surface area contributed by atoms with Gasteiger partial charge in [-0.15, -0.1) is 0 Å². The van der Waals surface area contributed by atoms with Crippen molar-refractivity contribution in [2.75, 3.05) is 27.7 Å². The molecule has 1 unspecified atom stereocenters. The van der Waals surface area contributed by atoms with Crippen molar-refractivity contribution in [2.24, 2.45) is 0 Å². The first kappa shape index (κ1) is 16.5. The van der Waals surface area contributed by atoms with Crippen LogP contribution >= 0.6 is 11.6 Å². The molecule has 22 heavy (non-hydrogen) atoms. The van der Waals surface area contributed by atoms with E-state index in [4.69, 9.17) is 11.6 Å². The van der Waals surface area contributed by atoms with E-state index in [-0.39, 0.29) is 5.91 Å². The van der Waals surface area contributed by atoms with Crippen molar-refractivity contribution in [1.82, 2.24) is 14.7 Å². The monoisotopic (exact) mass is 321 g/mol. The van der Waals surface area contributed by atoms with Gasteiger partial charge in [0.1, 0.15) is 11.7 Å². The summed E-state index contributed by atoms with van der Waals surface area (Å²) in [6.07, 6.45) is 0. The summed E-state index contributed by atoms with van der Waals surface area (Å²) < 4.78 is 1.74. The number of para-hydroxylation sites is 1. The minimum Gasteiger partial charge on any atom is -0.344 e. The lowest BCUT2D eigenvalue weighted by atomic mass is 10.2. The van der Waals surface area contributed by atoms with Crippen LogP contribution < -0.4 is 4.90 Å². The summed E-state index contributed by atoms with van der Waals surface area (Å²) in [5, 5.41) is 5.14. The van der Waals surface area contributed by atoms with E-state index in [1.165, 1.54) is 0 Å². The molecule has 118 valence electrons. The summed E-state index contributed by atoms with van der Waals surface area (Å²) in [7, 11) is 5.51. The van der Waals surface area contributed by atoms with Crippen LogP contribution in [0.2, 0.25) is 5.15 Å². The number of aromatic nitrogens is 2. The fourth-order valence-corrected chi connectivity index (χ4v) is 2.59. The van der Waals surface area contributed by atoms with Gasteiger partial charge in [-0.2, -0.15) is 5.10 Å². The summed E-state index contributed by atoms with van der Waals surface area (Å²) >= 11 is 6.50. The maximum Gasteiger partial charge on any atom is 0.277 e. The number of benzene rings is 1. The predicted molar refractivity (Wildman–Crippen MR) is 87.5 cm³/mol. The standard InChI is InChI=1S/C16H21ClN4O/c1-12-14(10-20(4)11-15(22)19(2)3)16(17)21(18-12)13-8-6-5-7-9-13/h5-9H,10-11H2,1-4H3/p+1.